The lowest BCUT2D eigenvalue weighted by molar-refractivity contribution is 0.570. The van der Waals surface area contributed by atoms with Gasteiger partial charge in [-0.15, -0.1) is 0 Å². The molecule has 0 N–H and O–H groups in total. The Balaban J connectivity index is 4.12. The highest BCUT2D eigenvalue weighted by Crippen LogP contribution is 2.18. The number of hydrogen-bond donors (Lipinski definition) is 0. The summed E-state index contributed by atoms with van der Waals surface area (Å²) in [4.78, 5) is 0. The fourth-order valence-electron chi connectivity index (χ4n) is 2.86. The summed E-state index contributed by atoms with van der Waals surface area (Å²) in [6, 6.07) is 0. The molecule has 1 nitrogen and oxygen atoms in total. The second kappa shape index (κ2) is 13.2. The molecule has 0 unspecified atom stereocenters. The van der Waals surface area contributed by atoms with E-state index in [0.717, 1.165) is 0 Å². The first-order chi connectivity index (χ1) is 10.8. The highest BCUT2D eigenvalue weighted by atomic mass is 28.4. The van der Waals surface area contributed by atoms with E-state index in [4.69, 9.17) is 4.12 Å². The Kier molecular flexibility index (Phi) is 13.1. The maximum Gasteiger partial charge on any atom is 0.198 e. The third kappa shape index (κ3) is 15.2. The van der Waals surface area contributed by atoms with Crippen molar-refractivity contribution >= 4 is 16.6 Å². The van der Waals surface area contributed by atoms with Crippen LogP contribution in [0.1, 0.15) is 78.1 Å². The summed E-state index contributed by atoms with van der Waals surface area (Å²) < 4.78 is 6.58. The van der Waals surface area contributed by atoms with Crippen molar-refractivity contribution in [3.8, 4) is 0 Å². The topological polar surface area (TPSA) is 9.23 Å². The van der Waals surface area contributed by atoms with Crippen molar-refractivity contribution in [1.82, 2.24) is 0 Å². The molecule has 0 atom stereocenters. The lowest BCUT2D eigenvalue weighted by atomic mass is 10.2. The molecule has 136 valence electrons. The van der Waals surface area contributed by atoms with E-state index in [9.17, 15) is 0 Å². The van der Waals surface area contributed by atoms with E-state index in [1.54, 1.807) is 0 Å². The highest BCUT2D eigenvalue weighted by molar-refractivity contribution is 6.89. The summed E-state index contributed by atoms with van der Waals surface area (Å²) in [5, 5.41) is 0. The van der Waals surface area contributed by atoms with Crippen LogP contribution in [-0.4, -0.2) is 16.6 Å². The molecular weight excluding hydrogens is 312 g/mol. The van der Waals surface area contributed by atoms with E-state index < -0.39 is 16.6 Å². The van der Waals surface area contributed by atoms with E-state index in [-0.39, 0.29) is 0 Å². The van der Waals surface area contributed by atoms with Crippen LogP contribution in [0.5, 0.6) is 0 Å². The summed E-state index contributed by atoms with van der Waals surface area (Å²) in [5.74, 6) is 0. The van der Waals surface area contributed by atoms with Crippen molar-refractivity contribution in [2.24, 2.45) is 0 Å². The van der Waals surface area contributed by atoms with Gasteiger partial charge in [-0.25, -0.2) is 0 Å². The minimum atomic E-state index is -1.66. The van der Waals surface area contributed by atoms with Gasteiger partial charge in [-0.05, 0) is 51.9 Å². The van der Waals surface area contributed by atoms with Crippen LogP contribution in [-0.2, 0) is 4.12 Å². The molecule has 0 rings (SSSR count). The maximum atomic E-state index is 6.58. The first kappa shape index (κ1) is 22.9. The van der Waals surface area contributed by atoms with Gasteiger partial charge in [0, 0.05) is 0 Å². The molecule has 0 aromatic rings. The van der Waals surface area contributed by atoms with Crippen LogP contribution in [0, 0.1) is 0 Å². The van der Waals surface area contributed by atoms with E-state index in [2.05, 4.69) is 63.6 Å². The third-order valence-corrected chi connectivity index (χ3v) is 10.3. The van der Waals surface area contributed by atoms with Gasteiger partial charge >= 0.3 is 0 Å². The van der Waals surface area contributed by atoms with Crippen LogP contribution in [0.4, 0.5) is 0 Å². The standard InChI is InChI=1S/C20H42OSi2/c1-7-9-11-13-15-17-19-22(3,4)21-23(5,6)20-18-16-14-12-10-8-2/h17-20H,7-16H2,1-6H3. The van der Waals surface area contributed by atoms with E-state index in [1.165, 1.54) is 64.2 Å². The number of unbranched alkanes of at least 4 members (excludes halogenated alkanes) is 8. The van der Waals surface area contributed by atoms with Gasteiger partial charge in [-0.2, -0.15) is 0 Å². The second-order valence-corrected chi connectivity index (χ2v) is 15.7. The first-order valence-electron chi connectivity index (χ1n) is 9.88. The smallest absolute Gasteiger partial charge is 0.198 e. The molecule has 3 heteroatoms. The summed E-state index contributed by atoms with van der Waals surface area (Å²) in [7, 11) is -3.32. The summed E-state index contributed by atoms with van der Waals surface area (Å²) in [5.41, 5.74) is 4.81. The fraction of sp³-hybridized carbons (Fsp3) is 0.800. The van der Waals surface area contributed by atoms with Crippen LogP contribution in [0.2, 0.25) is 26.2 Å². The molecule has 0 saturated heterocycles. The molecule has 0 aromatic heterocycles. The first-order valence-corrected chi connectivity index (χ1v) is 15.9. The van der Waals surface area contributed by atoms with Crippen molar-refractivity contribution in [3.05, 3.63) is 23.6 Å². The van der Waals surface area contributed by atoms with Crippen LogP contribution in [0.15, 0.2) is 23.6 Å². The van der Waals surface area contributed by atoms with E-state index in [0.29, 0.717) is 0 Å². The van der Waals surface area contributed by atoms with Gasteiger partial charge in [-0.1, -0.05) is 75.9 Å². The van der Waals surface area contributed by atoms with Crippen LogP contribution >= 0.6 is 0 Å². The number of allylic oxidation sites excluding steroid dienone is 2. The molecule has 0 aromatic carbocycles. The van der Waals surface area contributed by atoms with Crippen LogP contribution < -0.4 is 0 Å². The normalized spacial score (nSPS) is 13.5. The summed E-state index contributed by atoms with van der Waals surface area (Å²) in [6.45, 7) is 13.9. The molecule has 0 aliphatic rings. The van der Waals surface area contributed by atoms with Gasteiger partial charge in [0.15, 0.2) is 16.6 Å². The van der Waals surface area contributed by atoms with Gasteiger partial charge < -0.3 is 4.12 Å². The van der Waals surface area contributed by atoms with E-state index >= 15 is 0 Å². The maximum absolute atomic E-state index is 6.58. The zero-order chi connectivity index (χ0) is 17.6. The Morgan fingerprint density at radius 2 is 1.00 bits per heavy atom. The SMILES string of the molecule is CCCCCCC=C[Si](C)(C)O[Si](C)(C)C=CCCCCCC. The minimum absolute atomic E-state index is 1.22. The van der Waals surface area contributed by atoms with Crippen molar-refractivity contribution in [2.45, 2.75) is 104 Å². The molecule has 0 saturated carbocycles. The lowest BCUT2D eigenvalue weighted by Crippen LogP contribution is -2.42. The Morgan fingerprint density at radius 3 is 1.35 bits per heavy atom. The van der Waals surface area contributed by atoms with E-state index in [1.807, 2.05) is 0 Å². The Hall–Kier alpha value is -0.126. The molecular formula is C20H42OSi2. The van der Waals surface area contributed by atoms with Gasteiger partial charge in [0.05, 0.1) is 0 Å². The predicted octanol–water partition coefficient (Wildman–Crippen LogP) is 7.54. The zero-order valence-electron chi connectivity index (χ0n) is 16.8. The molecule has 0 heterocycles. The molecule has 0 fully saturated rings. The minimum Gasteiger partial charge on any atom is -0.449 e. The summed E-state index contributed by atoms with van der Waals surface area (Å²) in [6.07, 6.45) is 17.9. The van der Waals surface area contributed by atoms with Crippen molar-refractivity contribution in [2.75, 3.05) is 0 Å². The molecule has 23 heavy (non-hydrogen) atoms. The monoisotopic (exact) mass is 354 g/mol. The highest BCUT2D eigenvalue weighted by Gasteiger charge is 2.28. The lowest BCUT2D eigenvalue weighted by Gasteiger charge is -2.29. The predicted molar refractivity (Wildman–Crippen MR) is 112 cm³/mol. The Labute approximate surface area is 148 Å². The average molecular weight is 355 g/mol. The summed E-state index contributed by atoms with van der Waals surface area (Å²) >= 11 is 0. The third-order valence-electron chi connectivity index (χ3n) is 4.01. The van der Waals surface area contributed by atoms with Gasteiger partial charge in [0.25, 0.3) is 0 Å². The van der Waals surface area contributed by atoms with Gasteiger partial charge in [0.1, 0.15) is 0 Å². The molecule has 0 spiro atoms. The van der Waals surface area contributed by atoms with Crippen LogP contribution in [0.3, 0.4) is 0 Å². The molecule has 0 bridgehead atoms. The quantitative estimate of drug-likeness (QED) is 0.231. The number of rotatable bonds is 14. The van der Waals surface area contributed by atoms with Crippen molar-refractivity contribution in [3.63, 3.8) is 0 Å². The van der Waals surface area contributed by atoms with Crippen LogP contribution in [0.25, 0.3) is 0 Å². The molecule has 0 radical (unpaired) electrons. The molecule has 0 aliphatic carbocycles. The van der Waals surface area contributed by atoms with Gasteiger partial charge in [-0.3, -0.25) is 0 Å². The largest absolute Gasteiger partial charge is 0.449 e. The second-order valence-electron chi connectivity index (χ2n) is 7.81. The van der Waals surface area contributed by atoms with Crippen molar-refractivity contribution < 1.29 is 4.12 Å². The molecule has 0 aliphatic heterocycles. The van der Waals surface area contributed by atoms with Crippen molar-refractivity contribution in [1.29, 1.82) is 0 Å². The zero-order valence-corrected chi connectivity index (χ0v) is 18.8. The fourth-order valence-corrected chi connectivity index (χ4v) is 10.3. The molecule has 0 amide bonds. The number of hydrogen-bond acceptors (Lipinski definition) is 1. The Morgan fingerprint density at radius 1 is 0.609 bits per heavy atom. The van der Waals surface area contributed by atoms with Gasteiger partial charge in [0.2, 0.25) is 0 Å². The average Bonchev–Trinajstić information content (AvgIpc) is 2.45. The Bertz CT molecular complexity index is 301.